The van der Waals surface area contributed by atoms with Gasteiger partial charge in [-0.15, -0.1) is 0 Å². The fourth-order valence-corrected chi connectivity index (χ4v) is 3.95. The maximum absolute atomic E-state index is 13.9. The van der Waals surface area contributed by atoms with Gasteiger partial charge < -0.3 is 4.74 Å². The van der Waals surface area contributed by atoms with Gasteiger partial charge in [-0.25, -0.2) is 4.39 Å². The first-order valence-corrected chi connectivity index (χ1v) is 10.2. The summed E-state index contributed by atoms with van der Waals surface area (Å²) in [7, 11) is 0. The number of rotatable bonds is 7. The zero-order chi connectivity index (χ0) is 19.2. The van der Waals surface area contributed by atoms with Crippen molar-refractivity contribution in [2.75, 3.05) is 6.61 Å². The minimum Gasteiger partial charge on any atom is -0.490 e. The molecule has 0 N–H and O–H groups in total. The minimum atomic E-state index is -0.869. The zero-order valence-corrected chi connectivity index (χ0v) is 16.4. The molecule has 0 heterocycles. The molecule has 1 saturated carbocycles. The molecule has 3 heteroatoms. The monoisotopic (exact) mass is 372 g/mol. The maximum atomic E-state index is 13.9. The van der Waals surface area contributed by atoms with Crippen molar-refractivity contribution in [3.63, 3.8) is 0 Å². The molecule has 0 bridgehead atoms. The third kappa shape index (κ3) is 5.09. The van der Waals surface area contributed by atoms with Gasteiger partial charge in [0.1, 0.15) is 0 Å². The highest BCUT2D eigenvalue weighted by molar-refractivity contribution is 5.30. The summed E-state index contributed by atoms with van der Waals surface area (Å²) in [5, 5.41) is 0. The summed E-state index contributed by atoms with van der Waals surface area (Å²) in [6.45, 7) is 4.24. The average Bonchev–Trinajstić information content (AvgIpc) is 2.71. The van der Waals surface area contributed by atoms with Crippen molar-refractivity contribution < 1.29 is 13.5 Å². The molecule has 0 radical (unpaired) electrons. The maximum Gasteiger partial charge on any atom is 0.200 e. The average molecular weight is 372 g/mol. The molecule has 0 atom stereocenters. The first-order valence-electron chi connectivity index (χ1n) is 10.2. The summed E-state index contributed by atoms with van der Waals surface area (Å²) in [5.74, 6) is -0.628. The summed E-state index contributed by atoms with van der Waals surface area (Å²) >= 11 is 0. The molecule has 146 valence electrons. The molecule has 1 nitrogen and oxygen atoms in total. The van der Waals surface area contributed by atoms with E-state index >= 15 is 0 Å². The van der Waals surface area contributed by atoms with Crippen LogP contribution in [0.4, 0.5) is 8.78 Å². The molecule has 0 unspecified atom stereocenters. The lowest BCUT2D eigenvalue weighted by molar-refractivity contribution is 0.192. The molecule has 2 aromatic carbocycles. The number of hydrogen-bond acceptors (Lipinski definition) is 1. The summed E-state index contributed by atoms with van der Waals surface area (Å²) in [6.07, 6.45) is 8.04. The van der Waals surface area contributed by atoms with E-state index in [0.29, 0.717) is 24.0 Å². The highest BCUT2D eigenvalue weighted by Gasteiger charge is 2.23. The second-order valence-electron chi connectivity index (χ2n) is 7.88. The molecular weight excluding hydrogens is 342 g/mol. The first-order chi connectivity index (χ1) is 13.1. The van der Waals surface area contributed by atoms with Crippen LogP contribution in [0.1, 0.15) is 68.1 Å². The lowest BCUT2D eigenvalue weighted by atomic mass is 9.79. The van der Waals surface area contributed by atoms with Crippen LogP contribution in [0.25, 0.3) is 0 Å². The molecule has 0 amide bonds. The van der Waals surface area contributed by atoms with Gasteiger partial charge in [0.15, 0.2) is 11.6 Å². The fourth-order valence-electron chi connectivity index (χ4n) is 3.95. The third-order valence-electron chi connectivity index (χ3n) is 5.83. The molecule has 3 rings (SSSR count). The molecule has 27 heavy (non-hydrogen) atoms. The van der Waals surface area contributed by atoms with Gasteiger partial charge in [-0.3, -0.25) is 0 Å². The Labute approximate surface area is 161 Å². The van der Waals surface area contributed by atoms with Crippen LogP contribution in [0.2, 0.25) is 0 Å². The van der Waals surface area contributed by atoms with Gasteiger partial charge >= 0.3 is 0 Å². The predicted molar refractivity (Wildman–Crippen MR) is 106 cm³/mol. The van der Waals surface area contributed by atoms with E-state index in [-0.39, 0.29) is 5.75 Å². The second-order valence-corrected chi connectivity index (χ2v) is 7.88. The molecule has 1 aliphatic carbocycles. The van der Waals surface area contributed by atoms with Crippen LogP contribution in [0.3, 0.4) is 0 Å². The van der Waals surface area contributed by atoms with Crippen molar-refractivity contribution in [3.8, 4) is 5.75 Å². The highest BCUT2D eigenvalue weighted by Crippen LogP contribution is 2.36. The van der Waals surface area contributed by atoms with E-state index in [9.17, 15) is 8.78 Å². The van der Waals surface area contributed by atoms with Crippen LogP contribution in [-0.2, 0) is 6.42 Å². The van der Waals surface area contributed by atoms with Crippen molar-refractivity contribution >= 4 is 0 Å². The fraction of sp³-hybridized carbons (Fsp3) is 0.500. The standard InChI is InChI=1S/C24H30F2O/c1-3-4-5-18-7-11-20(12-8-18)21-13-9-19(10-14-21)16-27-22-15-6-17(2)23(25)24(22)26/h6-8,11-12,15,19,21H,3-5,9-10,13-14,16H2,1-2H3. The van der Waals surface area contributed by atoms with E-state index in [1.54, 1.807) is 13.0 Å². The number of aryl methyl sites for hydroxylation is 2. The molecule has 0 saturated heterocycles. The Balaban J connectivity index is 1.48. The Morgan fingerprint density at radius 3 is 2.30 bits per heavy atom. The number of hydrogen-bond donors (Lipinski definition) is 0. The first kappa shape index (κ1) is 19.9. The van der Waals surface area contributed by atoms with E-state index in [4.69, 9.17) is 4.74 Å². The van der Waals surface area contributed by atoms with Crippen LogP contribution < -0.4 is 4.74 Å². The van der Waals surface area contributed by atoms with Crippen molar-refractivity contribution in [2.24, 2.45) is 5.92 Å². The summed E-state index contributed by atoms with van der Waals surface area (Å²) in [4.78, 5) is 0. The molecule has 1 fully saturated rings. The van der Waals surface area contributed by atoms with Crippen LogP contribution in [0, 0.1) is 24.5 Å². The van der Waals surface area contributed by atoms with Gasteiger partial charge in [0.25, 0.3) is 0 Å². The van der Waals surface area contributed by atoms with E-state index in [1.807, 2.05) is 0 Å². The van der Waals surface area contributed by atoms with Crippen LogP contribution >= 0.6 is 0 Å². The normalized spacial score (nSPS) is 19.9. The van der Waals surface area contributed by atoms with Crippen LogP contribution in [-0.4, -0.2) is 6.61 Å². The number of benzene rings is 2. The Bertz CT molecular complexity index is 731. The van der Waals surface area contributed by atoms with Crippen molar-refractivity contribution in [1.29, 1.82) is 0 Å². The Morgan fingerprint density at radius 1 is 0.926 bits per heavy atom. The molecule has 0 aromatic heterocycles. The van der Waals surface area contributed by atoms with Gasteiger partial charge in [0, 0.05) is 0 Å². The molecule has 2 aromatic rings. The van der Waals surface area contributed by atoms with Crippen molar-refractivity contribution in [1.82, 2.24) is 0 Å². The van der Waals surface area contributed by atoms with E-state index < -0.39 is 11.6 Å². The summed E-state index contributed by atoms with van der Waals surface area (Å²) in [5.41, 5.74) is 3.16. The van der Waals surface area contributed by atoms with E-state index in [1.165, 1.54) is 30.0 Å². The van der Waals surface area contributed by atoms with Gasteiger partial charge in [-0.1, -0.05) is 43.7 Å². The molecule has 0 aliphatic heterocycles. The van der Waals surface area contributed by atoms with Crippen LogP contribution in [0.15, 0.2) is 36.4 Å². The lowest BCUT2D eigenvalue weighted by Gasteiger charge is -2.29. The largest absolute Gasteiger partial charge is 0.490 e. The topological polar surface area (TPSA) is 9.23 Å². The quantitative estimate of drug-likeness (QED) is 0.510. The summed E-state index contributed by atoms with van der Waals surface area (Å²) < 4.78 is 33.1. The lowest BCUT2D eigenvalue weighted by Crippen LogP contribution is -2.19. The van der Waals surface area contributed by atoms with Gasteiger partial charge in [0.2, 0.25) is 5.82 Å². The smallest absolute Gasteiger partial charge is 0.200 e. The van der Waals surface area contributed by atoms with Crippen molar-refractivity contribution in [3.05, 3.63) is 64.7 Å². The highest BCUT2D eigenvalue weighted by atomic mass is 19.2. The minimum absolute atomic E-state index is 0.0305. The van der Waals surface area contributed by atoms with Crippen molar-refractivity contribution in [2.45, 2.75) is 64.7 Å². The van der Waals surface area contributed by atoms with Gasteiger partial charge in [0.05, 0.1) is 6.61 Å². The van der Waals surface area contributed by atoms with E-state index in [2.05, 4.69) is 31.2 Å². The molecule has 1 aliphatic rings. The second kappa shape index (κ2) is 9.34. The Hall–Kier alpha value is -1.90. The predicted octanol–water partition coefficient (Wildman–Crippen LogP) is 6.97. The van der Waals surface area contributed by atoms with Crippen LogP contribution in [0.5, 0.6) is 5.75 Å². The summed E-state index contributed by atoms with van der Waals surface area (Å²) in [6, 6.07) is 12.2. The van der Waals surface area contributed by atoms with Gasteiger partial charge in [-0.2, -0.15) is 4.39 Å². The van der Waals surface area contributed by atoms with Gasteiger partial charge in [-0.05, 0) is 80.0 Å². The third-order valence-corrected chi connectivity index (χ3v) is 5.83. The van der Waals surface area contributed by atoms with E-state index in [0.717, 1.165) is 32.1 Å². The number of unbranched alkanes of at least 4 members (excludes halogenated alkanes) is 1. The molecule has 0 spiro atoms. The molecular formula is C24H30F2O. The number of ether oxygens (including phenoxy) is 1. The zero-order valence-electron chi connectivity index (χ0n) is 16.4. The Morgan fingerprint density at radius 2 is 1.63 bits per heavy atom. The SMILES string of the molecule is CCCCc1ccc(C2CCC(COc3ccc(C)c(F)c3F)CC2)cc1. The Kier molecular flexibility index (Phi) is 6.87. The number of halogens is 2.